The normalized spacial score (nSPS) is 30.4. The molecule has 0 radical (unpaired) electrons. The zero-order valence-corrected chi connectivity index (χ0v) is 22.2. The van der Waals surface area contributed by atoms with Gasteiger partial charge < -0.3 is 18.9 Å². The zero-order chi connectivity index (χ0) is 25.1. The Bertz CT molecular complexity index is 1150. The summed E-state index contributed by atoms with van der Waals surface area (Å²) in [5.41, 5.74) is 1.84. The lowest BCUT2D eigenvalue weighted by Crippen LogP contribution is -2.65. The molecule has 3 aliphatic carbocycles. The van der Waals surface area contributed by atoms with Crippen LogP contribution in [0.25, 0.3) is 0 Å². The number of esters is 1. The van der Waals surface area contributed by atoms with Crippen molar-refractivity contribution >= 4 is 30.3 Å². The number of nitrogens with one attached hydrogen (secondary N) is 1. The number of carbonyl (C=O) groups is 1. The van der Waals surface area contributed by atoms with Crippen LogP contribution in [0.3, 0.4) is 0 Å². The van der Waals surface area contributed by atoms with Gasteiger partial charge in [0.15, 0.2) is 0 Å². The number of benzene rings is 1. The molecule has 1 N–H and O–H groups in total. The Labute approximate surface area is 218 Å². The highest BCUT2D eigenvalue weighted by Crippen LogP contribution is 2.65. The van der Waals surface area contributed by atoms with Crippen LogP contribution in [0, 0.1) is 22.7 Å². The molecular weight excluding hydrogens is 471 g/mol. The molecule has 2 bridgehead atoms. The van der Waals surface area contributed by atoms with Crippen LogP contribution in [0.5, 0.6) is 0 Å². The molecule has 7 rings (SSSR count). The van der Waals surface area contributed by atoms with E-state index in [4.69, 9.17) is 19.5 Å². The van der Waals surface area contributed by atoms with Crippen LogP contribution in [0.4, 0.5) is 0 Å². The van der Waals surface area contributed by atoms with Gasteiger partial charge in [-0.3, -0.25) is 5.41 Å². The molecule has 36 heavy (non-hydrogen) atoms. The molecule has 6 nitrogen and oxygen atoms in total. The lowest BCUT2D eigenvalue weighted by atomic mass is 9.43. The minimum atomic E-state index is -0.291. The highest BCUT2D eigenvalue weighted by molar-refractivity contribution is 7.10. The van der Waals surface area contributed by atoms with Gasteiger partial charge in [-0.25, -0.2) is 4.79 Å². The maximum Gasteiger partial charge on any atom is 0.457 e. The van der Waals surface area contributed by atoms with Gasteiger partial charge >= 0.3 is 13.1 Å². The van der Waals surface area contributed by atoms with Crippen molar-refractivity contribution in [3.05, 3.63) is 57.8 Å². The number of ether oxygens (including phenoxy) is 1. The van der Waals surface area contributed by atoms with Crippen LogP contribution >= 0.6 is 11.3 Å². The largest absolute Gasteiger partial charge is 0.457 e. The fraction of sp³-hybridized carbons (Fsp3) is 0.571. The molecule has 3 heterocycles. The zero-order valence-electron chi connectivity index (χ0n) is 21.4. The number of hydrogen-bond donors (Lipinski definition) is 1. The van der Waals surface area contributed by atoms with Crippen LogP contribution in [0.1, 0.15) is 54.4 Å². The third-order valence-electron chi connectivity index (χ3n) is 9.26. The molecule has 5 fully saturated rings. The monoisotopic (exact) mass is 506 g/mol. The Hall–Kier alpha value is -2.16. The molecule has 1 aromatic heterocycles. The van der Waals surface area contributed by atoms with E-state index in [1.54, 1.807) is 11.3 Å². The van der Waals surface area contributed by atoms with E-state index in [-0.39, 0.29) is 30.9 Å². The van der Waals surface area contributed by atoms with Crippen molar-refractivity contribution in [2.24, 2.45) is 17.3 Å². The summed E-state index contributed by atoms with van der Waals surface area (Å²) in [5.74, 6) is 1.61. The van der Waals surface area contributed by atoms with Gasteiger partial charge in [0.25, 0.3) is 0 Å². The molecule has 4 atom stereocenters. The van der Waals surface area contributed by atoms with Gasteiger partial charge in [-0.05, 0) is 78.9 Å². The van der Waals surface area contributed by atoms with E-state index < -0.39 is 0 Å². The summed E-state index contributed by atoms with van der Waals surface area (Å²) in [4.78, 5) is 15.9. The standard InChI is InChI=1S/C28H35BN2O4S/c1-27(2)20-13-23(27)28(3)24(14-20)34-29(35-28)10-9-18-6-4-7-19(12-18)26(32)33-21-16-31(17-21)25(30)15-22-8-5-11-36-22/h4-8,11-12,20-21,23-24,30H,9-10,13-17H2,1-3H3/t20-,23-,24+,28-/m0/s1. The van der Waals surface area contributed by atoms with E-state index in [1.165, 1.54) is 11.3 Å². The van der Waals surface area contributed by atoms with Crippen molar-refractivity contribution in [2.45, 2.75) is 70.6 Å². The summed E-state index contributed by atoms with van der Waals surface area (Å²) < 4.78 is 18.6. The number of aryl methyl sites for hydroxylation is 1. The lowest BCUT2D eigenvalue weighted by molar-refractivity contribution is -0.199. The number of carbonyl (C=O) groups excluding carboxylic acids is 1. The average Bonchev–Trinajstić information content (AvgIpc) is 3.45. The first-order chi connectivity index (χ1) is 17.2. The highest BCUT2D eigenvalue weighted by Gasteiger charge is 2.67. The van der Waals surface area contributed by atoms with Crippen LogP contribution < -0.4 is 0 Å². The molecule has 5 aliphatic rings. The first-order valence-electron chi connectivity index (χ1n) is 13.2. The van der Waals surface area contributed by atoms with Crippen LogP contribution in [-0.4, -0.2) is 54.7 Å². The van der Waals surface area contributed by atoms with Crippen molar-refractivity contribution in [1.29, 1.82) is 5.41 Å². The Balaban J connectivity index is 0.983. The van der Waals surface area contributed by atoms with Crippen molar-refractivity contribution in [2.75, 3.05) is 13.1 Å². The minimum absolute atomic E-state index is 0.162. The van der Waals surface area contributed by atoms with E-state index in [9.17, 15) is 4.79 Å². The maximum absolute atomic E-state index is 12.8. The van der Waals surface area contributed by atoms with E-state index in [2.05, 4.69) is 26.8 Å². The molecule has 2 saturated heterocycles. The molecule has 0 unspecified atom stereocenters. The topological polar surface area (TPSA) is 71.9 Å². The molecule has 3 saturated carbocycles. The fourth-order valence-corrected chi connectivity index (χ4v) is 7.57. The van der Waals surface area contributed by atoms with Gasteiger partial charge in [-0.2, -0.15) is 0 Å². The summed E-state index contributed by atoms with van der Waals surface area (Å²) in [7, 11) is -0.184. The average molecular weight is 506 g/mol. The Morgan fingerprint density at radius 2 is 2.06 bits per heavy atom. The minimum Gasteiger partial charge on any atom is -0.455 e. The summed E-state index contributed by atoms with van der Waals surface area (Å²) in [6, 6.07) is 11.8. The molecule has 2 aromatic rings. The fourth-order valence-electron chi connectivity index (χ4n) is 6.86. The van der Waals surface area contributed by atoms with Crippen molar-refractivity contribution in [3.63, 3.8) is 0 Å². The quantitative estimate of drug-likeness (QED) is 0.246. The third kappa shape index (κ3) is 4.21. The molecule has 0 spiro atoms. The van der Waals surface area contributed by atoms with Gasteiger partial charge in [0.05, 0.1) is 30.4 Å². The Morgan fingerprint density at radius 3 is 2.81 bits per heavy atom. The predicted molar refractivity (Wildman–Crippen MR) is 142 cm³/mol. The highest BCUT2D eigenvalue weighted by atomic mass is 32.1. The van der Waals surface area contributed by atoms with Crippen molar-refractivity contribution < 1.29 is 18.8 Å². The number of thiophene rings is 1. The molecule has 2 aliphatic heterocycles. The lowest BCUT2D eigenvalue weighted by Gasteiger charge is -2.64. The molecule has 8 heteroatoms. The second kappa shape index (κ2) is 9.00. The summed E-state index contributed by atoms with van der Waals surface area (Å²) in [6.45, 7) is 8.19. The molecular formula is C28H35BN2O4S. The predicted octanol–water partition coefficient (Wildman–Crippen LogP) is 5.08. The van der Waals surface area contributed by atoms with Crippen LogP contribution in [-0.2, 0) is 26.9 Å². The van der Waals surface area contributed by atoms with Crippen LogP contribution in [0.2, 0.25) is 6.32 Å². The summed E-state index contributed by atoms with van der Waals surface area (Å²) in [5, 5.41) is 10.3. The third-order valence-corrected chi connectivity index (χ3v) is 10.1. The maximum atomic E-state index is 12.8. The Kier molecular flexibility index (Phi) is 6.05. The number of hydrogen-bond acceptors (Lipinski definition) is 6. The van der Waals surface area contributed by atoms with E-state index in [1.807, 2.05) is 40.6 Å². The number of likely N-dealkylation sites (tertiary alicyclic amines) is 1. The molecule has 1 aromatic carbocycles. The Morgan fingerprint density at radius 1 is 1.22 bits per heavy atom. The van der Waals surface area contributed by atoms with Crippen molar-refractivity contribution in [3.8, 4) is 0 Å². The second-order valence-electron chi connectivity index (χ2n) is 11.8. The first-order valence-corrected chi connectivity index (χ1v) is 14.1. The molecule has 190 valence electrons. The van der Waals surface area contributed by atoms with Gasteiger partial charge in [0, 0.05) is 11.3 Å². The van der Waals surface area contributed by atoms with E-state index >= 15 is 0 Å². The molecule has 0 amide bonds. The summed E-state index contributed by atoms with van der Waals surface area (Å²) >= 11 is 1.66. The van der Waals surface area contributed by atoms with Gasteiger partial charge in [-0.15, -0.1) is 11.3 Å². The number of rotatable bonds is 7. The van der Waals surface area contributed by atoms with Gasteiger partial charge in [0.1, 0.15) is 11.9 Å². The van der Waals surface area contributed by atoms with Gasteiger partial charge in [0.2, 0.25) is 0 Å². The SMILES string of the molecule is CC1(C)[C@@H]2C[C@H]3OB(CCc4cccc(C(=O)OC5CN(C(=N)Cc6cccs6)C5)c4)O[C@@]3(C)[C@H]1C2. The van der Waals surface area contributed by atoms with Gasteiger partial charge in [-0.1, -0.05) is 32.0 Å². The number of nitrogens with zero attached hydrogens (tertiary/aromatic N) is 1. The first kappa shape index (κ1) is 24.2. The van der Waals surface area contributed by atoms with E-state index in [0.29, 0.717) is 42.2 Å². The number of amidine groups is 1. The smallest absolute Gasteiger partial charge is 0.455 e. The van der Waals surface area contributed by atoms with E-state index in [0.717, 1.165) is 30.6 Å². The second-order valence-corrected chi connectivity index (χ2v) is 12.8. The van der Waals surface area contributed by atoms with Crippen molar-refractivity contribution in [1.82, 2.24) is 4.90 Å². The van der Waals surface area contributed by atoms with Crippen LogP contribution in [0.15, 0.2) is 41.8 Å². The summed E-state index contributed by atoms with van der Waals surface area (Å²) in [6.07, 6.45) is 4.61.